The molecule has 2 aromatic carbocycles. The summed E-state index contributed by atoms with van der Waals surface area (Å²) in [5, 5.41) is 9.54. The van der Waals surface area contributed by atoms with E-state index in [1.165, 1.54) is 37.1 Å². The monoisotopic (exact) mass is 585 g/mol. The van der Waals surface area contributed by atoms with Gasteiger partial charge in [-0.25, -0.2) is 18.6 Å². The molecule has 0 amide bonds. The van der Waals surface area contributed by atoms with E-state index in [4.69, 9.17) is 20.9 Å². The smallest absolute Gasteiger partial charge is 0.341 e. The molecule has 13 heteroatoms. The number of methoxy groups -OCH3 is 2. The first-order chi connectivity index (χ1) is 19.1. The molecule has 1 saturated carbocycles. The van der Waals surface area contributed by atoms with E-state index in [0.717, 1.165) is 0 Å². The van der Waals surface area contributed by atoms with Gasteiger partial charge in [0.1, 0.15) is 17.2 Å². The fourth-order valence-electron chi connectivity index (χ4n) is 5.03. The molecule has 2 aromatic heterocycles. The van der Waals surface area contributed by atoms with Crippen molar-refractivity contribution in [2.45, 2.75) is 25.3 Å². The lowest BCUT2D eigenvalue weighted by Gasteiger charge is -2.21. The molecule has 10 nitrogen and oxygen atoms in total. The predicted molar refractivity (Wildman–Crippen MR) is 153 cm³/mol. The zero-order chi connectivity index (χ0) is 28.9. The molecule has 0 unspecified atom stereocenters. The molecular formula is C28H26ClF2N5O5. The van der Waals surface area contributed by atoms with E-state index in [-0.39, 0.29) is 70.5 Å². The summed E-state index contributed by atoms with van der Waals surface area (Å²) < 4.78 is 43.8. The molecule has 0 bridgehead atoms. The third-order valence-electron chi connectivity index (χ3n) is 6.85. The second-order valence-corrected chi connectivity index (χ2v) is 9.33. The number of nitrogen functional groups attached to an aromatic ring is 2. The Labute approximate surface area is 238 Å². The van der Waals surface area contributed by atoms with E-state index in [1.807, 2.05) is 0 Å². The van der Waals surface area contributed by atoms with Crippen molar-refractivity contribution in [2.75, 3.05) is 25.7 Å². The molecule has 0 aliphatic heterocycles. The van der Waals surface area contributed by atoms with Crippen molar-refractivity contribution in [3.63, 3.8) is 0 Å². The molecule has 0 atom stereocenters. The number of rotatable bonds is 8. The van der Waals surface area contributed by atoms with Crippen LogP contribution in [0, 0.1) is 11.6 Å². The lowest BCUT2D eigenvalue weighted by Crippen LogP contribution is -2.24. The fraction of sp³-hybridized carbons (Fsp3) is 0.214. The number of nitrogens with two attached hydrogens (primary N) is 2. The Morgan fingerprint density at radius 1 is 1.20 bits per heavy atom. The largest absolute Gasteiger partial charge is 0.493 e. The lowest BCUT2D eigenvalue weighted by molar-refractivity contribution is 0.0694. The van der Waals surface area contributed by atoms with Gasteiger partial charge >= 0.3 is 5.97 Å². The summed E-state index contributed by atoms with van der Waals surface area (Å²) in [6.45, 7) is 3.65. The summed E-state index contributed by atoms with van der Waals surface area (Å²) in [6, 6.07) is 3.56. The number of anilines is 2. The van der Waals surface area contributed by atoms with Crippen LogP contribution in [-0.4, -0.2) is 39.8 Å². The maximum atomic E-state index is 15.8. The number of hydrogen-bond donors (Lipinski definition) is 3. The number of halogens is 3. The van der Waals surface area contributed by atoms with Gasteiger partial charge in [-0.1, -0.05) is 6.58 Å². The Morgan fingerprint density at radius 2 is 1.90 bits per heavy atom. The van der Waals surface area contributed by atoms with Crippen LogP contribution >= 0.6 is 12.4 Å². The van der Waals surface area contributed by atoms with Gasteiger partial charge in [0.2, 0.25) is 11.4 Å². The number of aromatic carboxylic acids is 1. The van der Waals surface area contributed by atoms with Crippen LogP contribution in [-0.2, 0) is 6.42 Å². The Morgan fingerprint density at radius 3 is 2.46 bits per heavy atom. The van der Waals surface area contributed by atoms with Crippen molar-refractivity contribution in [1.82, 2.24) is 14.5 Å². The minimum Gasteiger partial charge on any atom is -0.493 e. The van der Waals surface area contributed by atoms with Gasteiger partial charge in [0.25, 0.3) is 0 Å². The molecular weight excluding hydrogens is 560 g/mol. The first kappa shape index (κ1) is 29.3. The van der Waals surface area contributed by atoms with Gasteiger partial charge in [-0.3, -0.25) is 4.79 Å². The summed E-state index contributed by atoms with van der Waals surface area (Å²) in [5.74, 6) is -3.25. The summed E-state index contributed by atoms with van der Waals surface area (Å²) in [5.41, 5.74) is 10.4. The van der Waals surface area contributed by atoms with Crippen molar-refractivity contribution in [3.8, 4) is 22.6 Å². The molecule has 1 aliphatic carbocycles. The molecule has 0 radical (unpaired) electrons. The van der Waals surface area contributed by atoms with Crippen molar-refractivity contribution in [2.24, 2.45) is 0 Å². The van der Waals surface area contributed by atoms with Crippen LogP contribution in [0.15, 0.2) is 35.8 Å². The van der Waals surface area contributed by atoms with Crippen LogP contribution in [0.3, 0.4) is 0 Å². The molecule has 0 spiro atoms. The average Bonchev–Trinajstić information content (AvgIpc) is 3.75. The molecule has 1 aliphatic rings. The number of carboxylic acid groups (broad SMARTS) is 1. The molecule has 5 rings (SSSR count). The van der Waals surface area contributed by atoms with Crippen molar-refractivity contribution in [3.05, 3.63) is 75.2 Å². The summed E-state index contributed by atoms with van der Waals surface area (Å²) in [7, 11) is 2.71. The predicted octanol–water partition coefficient (Wildman–Crippen LogP) is 4.61. The van der Waals surface area contributed by atoms with Crippen molar-refractivity contribution >= 4 is 47.1 Å². The highest BCUT2D eigenvalue weighted by Crippen LogP contribution is 2.46. The summed E-state index contributed by atoms with van der Waals surface area (Å²) in [6.07, 6.45) is 4.07. The zero-order valence-electron chi connectivity index (χ0n) is 22.0. The number of carbonyl (C=O) groups is 1. The van der Waals surface area contributed by atoms with E-state index >= 15 is 8.78 Å². The molecule has 2 heterocycles. The lowest BCUT2D eigenvalue weighted by atomic mass is 9.93. The number of aromatic nitrogens is 3. The van der Waals surface area contributed by atoms with Gasteiger partial charge < -0.3 is 30.6 Å². The summed E-state index contributed by atoms with van der Waals surface area (Å²) in [4.78, 5) is 33.9. The number of ether oxygens (including phenoxy) is 2. The number of hydrogen-bond acceptors (Lipinski definition) is 8. The first-order valence-corrected chi connectivity index (χ1v) is 12.2. The van der Waals surface area contributed by atoms with Gasteiger partial charge in [0, 0.05) is 41.4 Å². The standard InChI is InChI=1S/C28H25F2N5O5.ClH/c1-4-18-21(27(37)38)24(36)22-20(16(29)10-17(30)23(22)35(18)14-5-6-14)15-8-12(9-19(39-2)25(15)40-3)7-13-11-33-28(32)34-26(13)31;/h4,8-11,14H,1,5-7H2,2-3H3,(H,37,38)(H4,31,32,33,34);1H. The third-order valence-corrected chi connectivity index (χ3v) is 6.85. The Kier molecular flexibility index (Phi) is 7.89. The van der Waals surface area contributed by atoms with Crippen LogP contribution in [0.1, 0.15) is 46.1 Å². The second-order valence-electron chi connectivity index (χ2n) is 9.33. The molecule has 4 aromatic rings. The van der Waals surface area contributed by atoms with E-state index in [9.17, 15) is 14.7 Å². The van der Waals surface area contributed by atoms with Crippen LogP contribution in [0.5, 0.6) is 11.5 Å². The minimum absolute atomic E-state index is 0. The van der Waals surface area contributed by atoms with Crippen molar-refractivity contribution < 1.29 is 28.2 Å². The second kappa shape index (κ2) is 11.0. The third kappa shape index (κ3) is 4.91. The minimum atomic E-state index is -1.54. The highest BCUT2D eigenvalue weighted by molar-refractivity contribution is 6.03. The van der Waals surface area contributed by atoms with Gasteiger partial charge in [-0.2, -0.15) is 4.98 Å². The number of nitrogens with zero attached hydrogens (tertiary/aromatic N) is 3. The van der Waals surface area contributed by atoms with E-state index in [2.05, 4.69) is 16.5 Å². The van der Waals surface area contributed by atoms with Crippen LogP contribution in [0.25, 0.3) is 28.1 Å². The highest BCUT2D eigenvalue weighted by atomic mass is 35.5. The quantitative estimate of drug-likeness (QED) is 0.269. The topological polar surface area (TPSA) is 156 Å². The molecule has 0 saturated heterocycles. The molecule has 41 heavy (non-hydrogen) atoms. The number of carboxylic acids is 1. The summed E-state index contributed by atoms with van der Waals surface area (Å²) >= 11 is 0. The first-order valence-electron chi connectivity index (χ1n) is 12.2. The Balaban J connectivity index is 0.00000387. The maximum Gasteiger partial charge on any atom is 0.341 e. The number of benzene rings is 2. The fourth-order valence-corrected chi connectivity index (χ4v) is 5.03. The van der Waals surface area contributed by atoms with Crippen LogP contribution in [0.2, 0.25) is 0 Å². The van der Waals surface area contributed by atoms with Crippen molar-refractivity contribution in [1.29, 1.82) is 0 Å². The maximum absolute atomic E-state index is 15.8. The van der Waals surface area contributed by atoms with Crippen LogP contribution in [0.4, 0.5) is 20.5 Å². The Bertz CT molecular complexity index is 1790. The normalized spacial score (nSPS) is 12.6. The Hall–Kier alpha value is -4.71. The van der Waals surface area contributed by atoms with Gasteiger partial charge in [-0.05, 0) is 36.6 Å². The van der Waals surface area contributed by atoms with Crippen LogP contribution < -0.4 is 26.4 Å². The SMILES string of the molecule is C=Cc1c(C(=O)O)c(=O)c2c(-c3cc(Cc4cnc(N)nc4N)cc(OC)c3OC)c(F)cc(F)c2n1C1CC1.Cl. The van der Waals surface area contributed by atoms with E-state index in [1.54, 1.807) is 6.07 Å². The number of fused-ring (bicyclic) bond motifs is 1. The molecule has 214 valence electrons. The zero-order valence-corrected chi connectivity index (χ0v) is 22.8. The number of pyridine rings is 1. The molecule has 1 fully saturated rings. The highest BCUT2D eigenvalue weighted by Gasteiger charge is 2.34. The van der Waals surface area contributed by atoms with E-state index in [0.29, 0.717) is 30.0 Å². The van der Waals surface area contributed by atoms with Gasteiger partial charge in [0.05, 0.1) is 30.8 Å². The molecule has 5 N–H and O–H groups in total. The van der Waals surface area contributed by atoms with Gasteiger partial charge in [-0.15, -0.1) is 12.4 Å². The van der Waals surface area contributed by atoms with Gasteiger partial charge in [0.15, 0.2) is 17.3 Å². The van der Waals surface area contributed by atoms with E-state index < -0.39 is 34.0 Å². The average molecular weight is 586 g/mol.